The maximum Gasteiger partial charge on any atom is 0.419 e. The van der Waals surface area contributed by atoms with Crippen molar-refractivity contribution in [1.82, 2.24) is 0 Å². The van der Waals surface area contributed by atoms with E-state index in [1.807, 2.05) is 0 Å². The van der Waals surface area contributed by atoms with Crippen LogP contribution in [0, 0.1) is 5.92 Å². The van der Waals surface area contributed by atoms with Gasteiger partial charge in [-0.15, -0.1) is 0 Å². The molecule has 0 heterocycles. The third-order valence-corrected chi connectivity index (χ3v) is 3.18. The van der Waals surface area contributed by atoms with Gasteiger partial charge >= 0.3 is 6.18 Å². The van der Waals surface area contributed by atoms with E-state index >= 15 is 0 Å². The van der Waals surface area contributed by atoms with Crippen molar-refractivity contribution in [3.8, 4) is 5.75 Å². The molecule has 2 N–H and O–H groups in total. The third-order valence-electron chi connectivity index (χ3n) is 3.18. The smallest absolute Gasteiger partial charge is 0.419 e. The van der Waals surface area contributed by atoms with E-state index in [0.29, 0.717) is 18.0 Å². The standard InChI is InChI=1S/C12H14F3NO/c1-17-11-3-2-7(9-4-8(9)6-16)5-10(11)12(13,14)15/h2-3,5,8-9H,4,6,16H2,1H3/t8-,9-/m0/s1. The van der Waals surface area contributed by atoms with Crippen LogP contribution in [0.4, 0.5) is 13.2 Å². The van der Waals surface area contributed by atoms with Crippen LogP contribution in [-0.4, -0.2) is 13.7 Å². The van der Waals surface area contributed by atoms with Gasteiger partial charge in [-0.1, -0.05) is 6.07 Å². The molecule has 0 bridgehead atoms. The van der Waals surface area contributed by atoms with Gasteiger partial charge in [0.1, 0.15) is 5.75 Å². The molecule has 0 saturated heterocycles. The van der Waals surface area contributed by atoms with Gasteiger partial charge in [-0.05, 0) is 42.5 Å². The predicted octanol–water partition coefficient (Wildman–Crippen LogP) is 2.78. The maximum atomic E-state index is 12.8. The van der Waals surface area contributed by atoms with Gasteiger partial charge in [-0.2, -0.15) is 13.2 Å². The Bertz CT molecular complexity index is 417. The highest BCUT2D eigenvalue weighted by atomic mass is 19.4. The van der Waals surface area contributed by atoms with E-state index in [9.17, 15) is 13.2 Å². The van der Waals surface area contributed by atoms with Crippen molar-refractivity contribution in [1.29, 1.82) is 0 Å². The minimum absolute atomic E-state index is 0.133. The molecule has 1 aromatic rings. The first-order chi connectivity index (χ1) is 7.97. The molecule has 1 aromatic carbocycles. The van der Waals surface area contributed by atoms with E-state index in [-0.39, 0.29) is 11.7 Å². The number of nitrogens with two attached hydrogens (primary N) is 1. The zero-order chi connectivity index (χ0) is 12.6. The summed E-state index contributed by atoms with van der Waals surface area (Å²) in [6.45, 7) is 0.526. The van der Waals surface area contributed by atoms with Crippen molar-refractivity contribution in [2.45, 2.75) is 18.5 Å². The molecule has 1 fully saturated rings. The van der Waals surface area contributed by atoms with Crippen LogP contribution < -0.4 is 10.5 Å². The van der Waals surface area contributed by atoms with Crippen molar-refractivity contribution < 1.29 is 17.9 Å². The van der Waals surface area contributed by atoms with Crippen molar-refractivity contribution in [3.63, 3.8) is 0 Å². The Morgan fingerprint density at radius 3 is 2.59 bits per heavy atom. The molecule has 2 rings (SSSR count). The van der Waals surface area contributed by atoms with E-state index in [4.69, 9.17) is 10.5 Å². The molecule has 0 radical (unpaired) electrons. The van der Waals surface area contributed by atoms with Gasteiger partial charge in [-0.3, -0.25) is 0 Å². The molecule has 1 saturated carbocycles. The summed E-state index contributed by atoms with van der Waals surface area (Å²) in [5.41, 5.74) is 5.49. The maximum absolute atomic E-state index is 12.8. The fourth-order valence-electron chi connectivity index (χ4n) is 2.09. The fourth-order valence-corrected chi connectivity index (χ4v) is 2.09. The monoisotopic (exact) mass is 245 g/mol. The van der Waals surface area contributed by atoms with Crippen LogP contribution >= 0.6 is 0 Å². The quantitative estimate of drug-likeness (QED) is 0.888. The molecule has 2 nitrogen and oxygen atoms in total. The second-order valence-corrected chi connectivity index (χ2v) is 4.30. The Morgan fingerprint density at radius 2 is 2.12 bits per heavy atom. The van der Waals surface area contributed by atoms with E-state index in [0.717, 1.165) is 6.42 Å². The topological polar surface area (TPSA) is 35.2 Å². The van der Waals surface area contributed by atoms with E-state index in [1.54, 1.807) is 6.07 Å². The van der Waals surface area contributed by atoms with Crippen LogP contribution in [0.1, 0.15) is 23.5 Å². The summed E-state index contributed by atoms with van der Waals surface area (Å²) in [6, 6.07) is 4.25. The van der Waals surface area contributed by atoms with Gasteiger partial charge in [0.05, 0.1) is 12.7 Å². The number of alkyl halides is 3. The molecule has 17 heavy (non-hydrogen) atoms. The summed E-state index contributed by atoms with van der Waals surface area (Å²) < 4.78 is 43.1. The predicted molar refractivity (Wildman–Crippen MR) is 57.9 cm³/mol. The lowest BCUT2D eigenvalue weighted by Gasteiger charge is -2.13. The number of benzene rings is 1. The van der Waals surface area contributed by atoms with Gasteiger partial charge < -0.3 is 10.5 Å². The SMILES string of the molecule is COc1ccc([C@@H]2C[C@H]2CN)cc1C(F)(F)F. The molecule has 1 aliphatic rings. The van der Waals surface area contributed by atoms with Crippen LogP contribution in [0.25, 0.3) is 0 Å². The number of rotatable bonds is 3. The van der Waals surface area contributed by atoms with E-state index < -0.39 is 11.7 Å². The zero-order valence-corrected chi connectivity index (χ0v) is 9.42. The first-order valence-electron chi connectivity index (χ1n) is 5.42. The summed E-state index contributed by atoms with van der Waals surface area (Å²) in [5.74, 6) is 0.364. The first-order valence-corrected chi connectivity index (χ1v) is 5.42. The van der Waals surface area contributed by atoms with Crippen LogP contribution in [0.15, 0.2) is 18.2 Å². The van der Waals surface area contributed by atoms with Crippen molar-refractivity contribution >= 4 is 0 Å². The lowest BCUT2D eigenvalue weighted by molar-refractivity contribution is -0.138. The Balaban J connectivity index is 2.33. The van der Waals surface area contributed by atoms with Gasteiger partial charge in [-0.25, -0.2) is 0 Å². The second-order valence-electron chi connectivity index (χ2n) is 4.30. The molecule has 0 amide bonds. The molecule has 94 valence electrons. The lowest BCUT2D eigenvalue weighted by Crippen LogP contribution is -2.08. The lowest BCUT2D eigenvalue weighted by atomic mass is 10.0. The van der Waals surface area contributed by atoms with Crippen molar-refractivity contribution in [3.05, 3.63) is 29.3 Å². The summed E-state index contributed by atoms with van der Waals surface area (Å²) in [7, 11) is 1.24. The highest BCUT2D eigenvalue weighted by molar-refractivity contribution is 5.42. The molecule has 0 unspecified atom stereocenters. The number of hydrogen-bond acceptors (Lipinski definition) is 2. The molecular weight excluding hydrogens is 231 g/mol. The third kappa shape index (κ3) is 2.39. The zero-order valence-electron chi connectivity index (χ0n) is 9.42. The van der Waals surface area contributed by atoms with Crippen LogP contribution in [0.2, 0.25) is 0 Å². The average Bonchev–Trinajstić information content (AvgIpc) is 3.06. The minimum Gasteiger partial charge on any atom is -0.496 e. The van der Waals surface area contributed by atoms with Crippen LogP contribution in [0.5, 0.6) is 5.75 Å². The molecule has 5 heteroatoms. The summed E-state index contributed by atoms with van der Waals surface area (Å²) in [5, 5.41) is 0. The number of halogens is 3. The molecule has 0 aromatic heterocycles. The Hall–Kier alpha value is -1.23. The summed E-state index contributed by atoms with van der Waals surface area (Å²) >= 11 is 0. The first kappa shape index (κ1) is 12.2. The minimum atomic E-state index is -4.38. The van der Waals surface area contributed by atoms with Crippen molar-refractivity contribution in [2.24, 2.45) is 11.7 Å². The number of ether oxygens (including phenoxy) is 1. The average molecular weight is 245 g/mol. The largest absolute Gasteiger partial charge is 0.496 e. The Morgan fingerprint density at radius 1 is 1.41 bits per heavy atom. The van der Waals surface area contributed by atoms with E-state index in [1.165, 1.54) is 19.2 Å². The number of hydrogen-bond donors (Lipinski definition) is 1. The number of methoxy groups -OCH3 is 1. The molecular formula is C12H14F3NO. The van der Waals surface area contributed by atoms with Gasteiger partial charge in [0.15, 0.2) is 0 Å². The summed E-state index contributed by atoms with van der Waals surface area (Å²) in [4.78, 5) is 0. The molecule has 0 spiro atoms. The highest BCUT2D eigenvalue weighted by Gasteiger charge is 2.40. The molecule has 0 aliphatic heterocycles. The molecule has 2 atom stereocenters. The van der Waals surface area contributed by atoms with Gasteiger partial charge in [0.25, 0.3) is 0 Å². The van der Waals surface area contributed by atoms with Crippen LogP contribution in [0.3, 0.4) is 0 Å². The van der Waals surface area contributed by atoms with Gasteiger partial charge in [0.2, 0.25) is 0 Å². The Labute approximate surface area is 97.6 Å². The highest BCUT2D eigenvalue weighted by Crippen LogP contribution is 2.48. The van der Waals surface area contributed by atoms with Crippen molar-refractivity contribution in [2.75, 3.05) is 13.7 Å². The Kier molecular flexibility index (Phi) is 3.03. The normalized spacial score (nSPS) is 23.6. The molecule has 1 aliphatic carbocycles. The second kappa shape index (κ2) is 4.22. The van der Waals surface area contributed by atoms with Gasteiger partial charge in [0, 0.05) is 0 Å². The van der Waals surface area contributed by atoms with E-state index in [2.05, 4.69) is 0 Å². The van der Waals surface area contributed by atoms with Crippen LogP contribution in [-0.2, 0) is 6.18 Å². The summed E-state index contributed by atoms with van der Waals surface area (Å²) in [6.07, 6.45) is -3.51. The fraction of sp³-hybridized carbons (Fsp3) is 0.500.